The van der Waals surface area contributed by atoms with E-state index in [-0.39, 0.29) is 12.1 Å². The molecule has 128 valence electrons. The molecule has 0 bridgehead atoms. The van der Waals surface area contributed by atoms with Crippen LogP contribution in [0.4, 0.5) is 4.79 Å². The predicted octanol–water partition coefficient (Wildman–Crippen LogP) is 2.01. The van der Waals surface area contributed by atoms with Gasteiger partial charge in [0, 0.05) is 19.3 Å². The molecule has 3 aromatic heterocycles. The molecule has 2 amide bonds. The summed E-state index contributed by atoms with van der Waals surface area (Å²) in [5, 5.41) is 11.5. The van der Waals surface area contributed by atoms with Crippen LogP contribution >= 0.6 is 11.3 Å². The summed E-state index contributed by atoms with van der Waals surface area (Å²) in [5.74, 6) is 0. The fraction of sp³-hybridized carbons (Fsp3) is 0.467. The molecule has 3 heterocycles. The van der Waals surface area contributed by atoms with E-state index >= 15 is 0 Å². The van der Waals surface area contributed by atoms with Gasteiger partial charge in [-0.05, 0) is 26.8 Å². The normalized spacial score (nSPS) is 12.5. The molecule has 9 heteroatoms. The number of nitrogens with zero attached hydrogens (tertiary/aromatic N) is 6. The second-order valence-electron chi connectivity index (χ2n) is 5.87. The Bertz CT molecular complexity index is 821. The summed E-state index contributed by atoms with van der Waals surface area (Å²) < 4.78 is 3.63. The number of fused-ring (bicyclic) bond motifs is 1. The molecule has 1 N–H and O–H groups in total. The minimum absolute atomic E-state index is 0.131. The SMILES string of the molecule is Cc1cc(C)n(CCN(C)C(=O)N[C@H](C)c2cn3ncsc3n2)n1. The van der Waals surface area contributed by atoms with Crippen LogP contribution in [0.25, 0.3) is 4.96 Å². The van der Waals surface area contributed by atoms with Crippen molar-refractivity contribution in [1.82, 2.24) is 34.6 Å². The monoisotopic (exact) mass is 347 g/mol. The third kappa shape index (κ3) is 3.40. The largest absolute Gasteiger partial charge is 0.330 e. The van der Waals surface area contributed by atoms with Gasteiger partial charge in [-0.25, -0.2) is 14.3 Å². The number of rotatable bonds is 5. The molecule has 24 heavy (non-hydrogen) atoms. The van der Waals surface area contributed by atoms with E-state index in [0.717, 1.165) is 22.0 Å². The quantitative estimate of drug-likeness (QED) is 0.765. The summed E-state index contributed by atoms with van der Waals surface area (Å²) in [6.45, 7) is 7.15. The maximum atomic E-state index is 12.3. The maximum Gasteiger partial charge on any atom is 0.317 e. The molecular formula is C15H21N7OS. The Hall–Kier alpha value is -2.42. The minimum atomic E-state index is -0.178. The molecule has 0 saturated heterocycles. The maximum absolute atomic E-state index is 12.3. The van der Waals surface area contributed by atoms with Crippen molar-refractivity contribution in [2.75, 3.05) is 13.6 Å². The molecule has 0 unspecified atom stereocenters. The molecule has 3 rings (SSSR count). The first-order valence-electron chi connectivity index (χ1n) is 7.75. The molecular weight excluding hydrogens is 326 g/mol. The Morgan fingerprint density at radius 2 is 2.25 bits per heavy atom. The average molecular weight is 347 g/mol. The van der Waals surface area contributed by atoms with Crippen molar-refractivity contribution in [3.8, 4) is 0 Å². The number of aromatic nitrogens is 5. The van der Waals surface area contributed by atoms with E-state index in [4.69, 9.17) is 0 Å². The highest BCUT2D eigenvalue weighted by molar-refractivity contribution is 7.14. The van der Waals surface area contributed by atoms with Crippen molar-refractivity contribution in [3.63, 3.8) is 0 Å². The number of imidazole rings is 1. The van der Waals surface area contributed by atoms with Gasteiger partial charge in [0.05, 0.1) is 30.2 Å². The Morgan fingerprint density at radius 3 is 2.92 bits per heavy atom. The number of hydrogen-bond donors (Lipinski definition) is 1. The summed E-state index contributed by atoms with van der Waals surface area (Å²) in [6.07, 6.45) is 1.84. The van der Waals surface area contributed by atoms with E-state index < -0.39 is 0 Å². The molecule has 0 fully saturated rings. The van der Waals surface area contributed by atoms with Crippen LogP contribution in [0, 0.1) is 13.8 Å². The zero-order valence-electron chi connectivity index (χ0n) is 14.2. The van der Waals surface area contributed by atoms with Gasteiger partial charge in [-0.2, -0.15) is 10.2 Å². The third-order valence-electron chi connectivity index (χ3n) is 3.89. The Morgan fingerprint density at radius 1 is 1.46 bits per heavy atom. The van der Waals surface area contributed by atoms with Gasteiger partial charge in [0.1, 0.15) is 5.51 Å². The molecule has 0 aromatic carbocycles. The van der Waals surface area contributed by atoms with E-state index in [1.807, 2.05) is 37.7 Å². The number of carbonyl (C=O) groups is 1. The number of aryl methyl sites for hydroxylation is 2. The van der Waals surface area contributed by atoms with Gasteiger partial charge in [0.2, 0.25) is 4.96 Å². The fourth-order valence-corrected chi connectivity index (χ4v) is 3.09. The molecule has 8 nitrogen and oxygen atoms in total. The highest BCUT2D eigenvalue weighted by Crippen LogP contribution is 2.15. The van der Waals surface area contributed by atoms with E-state index in [1.54, 1.807) is 22.0 Å². The van der Waals surface area contributed by atoms with Crippen LogP contribution < -0.4 is 5.32 Å². The van der Waals surface area contributed by atoms with Crippen LogP contribution in [0.15, 0.2) is 17.8 Å². The fourth-order valence-electron chi connectivity index (χ4n) is 2.48. The lowest BCUT2D eigenvalue weighted by Gasteiger charge is -2.20. The standard InChI is InChI=1S/C15H21N7OS/c1-10-7-11(2)21(19-10)6-5-20(4)14(23)17-12(3)13-8-22-15(18-13)24-9-16-22/h7-9,12H,5-6H2,1-4H3,(H,17,23)/t12-/m1/s1. The number of amides is 2. The van der Waals surface area contributed by atoms with E-state index in [0.29, 0.717) is 13.1 Å². The Balaban J connectivity index is 1.55. The summed E-state index contributed by atoms with van der Waals surface area (Å²) in [5.41, 5.74) is 4.62. The highest BCUT2D eigenvalue weighted by Gasteiger charge is 2.16. The Kier molecular flexibility index (Phi) is 4.52. The number of nitrogens with one attached hydrogen (secondary N) is 1. The number of carbonyl (C=O) groups excluding carboxylic acids is 1. The molecule has 0 aliphatic heterocycles. The van der Waals surface area contributed by atoms with Crippen molar-refractivity contribution in [1.29, 1.82) is 0 Å². The minimum Gasteiger partial charge on any atom is -0.330 e. The molecule has 0 radical (unpaired) electrons. The van der Waals surface area contributed by atoms with Crippen molar-refractivity contribution >= 4 is 22.3 Å². The van der Waals surface area contributed by atoms with Gasteiger partial charge in [0.25, 0.3) is 0 Å². The second kappa shape index (κ2) is 6.60. The van der Waals surface area contributed by atoms with E-state index in [9.17, 15) is 4.79 Å². The van der Waals surface area contributed by atoms with Crippen molar-refractivity contribution in [2.45, 2.75) is 33.4 Å². The van der Waals surface area contributed by atoms with Crippen LogP contribution in [-0.2, 0) is 6.54 Å². The molecule has 0 aliphatic carbocycles. The smallest absolute Gasteiger partial charge is 0.317 e. The lowest BCUT2D eigenvalue weighted by atomic mass is 10.2. The van der Waals surface area contributed by atoms with E-state index in [2.05, 4.69) is 20.5 Å². The highest BCUT2D eigenvalue weighted by atomic mass is 32.1. The molecule has 0 aliphatic rings. The first-order valence-corrected chi connectivity index (χ1v) is 8.63. The first-order chi connectivity index (χ1) is 11.4. The zero-order chi connectivity index (χ0) is 17.3. The number of hydrogen-bond acceptors (Lipinski definition) is 5. The third-order valence-corrected chi connectivity index (χ3v) is 4.57. The second-order valence-corrected chi connectivity index (χ2v) is 6.69. The van der Waals surface area contributed by atoms with Crippen molar-refractivity contribution in [3.05, 3.63) is 34.9 Å². The van der Waals surface area contributed by atoms with Gasteiger partial charge in [-0.15, -0.1) is 0 Å². The predicted molar refractivity (Wildman–Crippen MR) is 92.1 cm³/mol. The number of likely N-dealkylation sites (N-methyl/N-ethyl adjacent to an activating group) is 1. The van der Waals surface area contributed by atoms with Crippen LogP contribution in [0.3, 0.4) is 0 Å². The number of urea groups is 1. The molecule has 3 aromatic rings. The summed E-state index contributed by atoms with van der Waals surface area (Å²) in [4.78, 5) is 19.3. The molecule has 0 spiro atoms. The molecule has 0 saturated carbocycles. The molecule has 1 atom stereocenters. The van der Waals surface area contributed by atoms with Crippen LogP contribution in [0.5, 0.6) is 0 Å². The Labute approximate surface area is 144 Å². The lowest BCUT2D eigenvalue weighted by molar-refractivity contribution is 0.203. The van der Waals surface area contributed by atoms with E-state index in [1.165, 1.54) is 11.3 Å². The van der Waals surface area contributed by atoms with Crippen LogP contribution in [-0.4, -0.2) is 48.9 Å². The summed E-state index contributed by atoms with van der Waals surface area (Å²) >= 11 is 1.47. The van der Waals surface area contributed by atoms with Crippen LogP contribution in [0.2, 0.25) is 0 Å². The summed E-state index contributed by atoms with van der Waals surface area (Å²) in [6, 6.07) is 1.72. The van der Waals surface area contributed by atoms with Gasteiger partial charge >= 0.3 is 6.03 Å². The van der Waals surface area contributed by atoms with Gasteiger partial charge < -0.3 is 10.2 Å². The van der Waals surface area contributed by atoms with Crippen molar-refractivity contribution < 1.29 is 4.79 Å². The van der Waals surface area contributed by atoms with Gasteiger partial charge in [-0.3, -0.25) is 4.68 Å². The average Bonchev–Trinajstić information content (AvgIpc) is 3.19. The van der Waals surface area contributed by atoms with Crippen LogP contribution in [0.1, 0.15) is 30.0 Å². The lowest BCUT2D eigenvalue weighted by Crippen LogP contribution is -2.40. The van der Waals surface area contributed by atoms with Crippen molar-refractivity contribution in [2.24, 2.45) is 0 Å². The summed E-state index contributed by atoms with van der Waals surface area (Å²) in [7, 11) is 1.78. The topological polar surface area (TPSA) is 80.4 Å². The van der Waals surface area contributed by atoms with Gasteiger partial charge in [-0.1, -0.05) is 11.3 Å². The van der Waals surface area contributed by atoms with Gasteiger partial charge in [0.15, 0.2) is 0 Å². The zero-order valence-corrected chi connectivity index (χ0v) is 15.0. The first kappa shape index (κ1) is 16.4.